The van der Waals surface area contributed by atoms with Gasteiger partial charge in [0, 0.05) is 32.2 Å². The van der Waals surface area contributed by atoms with E-state index >= 15 is 0 Å². The molecule has 1 aromatic rings. The fourth-order valence-electron chi connectivity index (χ4n) is 1.71. The van der Waals surface area contributed by atoms with Crippen molar-refractivity contribution in [2.45, 2.75) is 4.90 Å². The Labute approximate surface area is 110 Å². The van der Waals surface area contributed by atoms with E-state index in [-0.39, 0.29) is 12.4 Å². The third-order valence-corrected chi connectivity index (χ3v) is 4.52. The van der Waals surface area contributed by atoms with Crippen LogP contribution in [0.4, 0.5) is 8.78 Å². The first-order valence-electron chi connectivity index (χ1n) is 5.18. The zero-order valence-corrected chi connectivity index (χ0v) is 11.0. The summed E-state index contributed by atoms with van der Waals surface area (Å²) in [4.78, 5) is -0.471. The Morgan fingerprint density at radius 1 is 1.17 bits per heavy atom. The normalized spacial score (nSPS) is 17.2. The van der Waals surface area contributed by atoms with Gasteiger partial charge in [-0.15, -0.1) is 12.4 Å². The Hall–Kier alpha value is -0.760. The second kappa shape index (κ2) is 5.92. The molecule has 8 heteroatoms. The first-order chi connectivity index (χ1) is 8.01. The highest BCUT2D eigenvalue weighted by Gasteiger charge is 2.28. The smallest absolute Gasteiger partial charge is 0.246 e. The highest BCUT2D eigenvalue weighted by atomic mass is 35.5. The van der Waals surface area contributed by atoms with E-state index in [0.29, 0.717) is 32.2 Å². The molecule has 18 heavy (non-hydrogen) atoms. The third-order valence-electron chi connectivity index (χ3n) is 2.59. The molecule has 0 aliphatic carbocycles. The maximum absolute atomic E-state index is 13.4. The van der Waals surface area contributed by atoms with Gasteiger partial charge in [-0.1, -0.05) is 0 Å². The van der Waals surface area contributed by atoms with Crippen molar-refractivity contribution in [2.24, 2.45) is 0 Å². The standard InChI is InChI=1S/C10H12F2N2O2S.ClH/c11-8-1-2-10(9(12)7-8)17(15,16)14-5-3-13-4-6-14;/h1-2,7,13H,3-6H2;1H. The topological polar surface area (TPSA) is 49.4 Å². The van der Waals surface area contributed by atoms with Crippen molar-refractivity contribution in [1.29, 1.82) is 0 Å². The molecule has 1 saturated heterocycles. The van der Waals surface area contributed by atoms with E-state index in [1.807, 2.05) is 0 Å². The number of piperazine rings is 1. The van der Waals surface area contributed by atoms with Gasteiger partial charge in [-0.05, 0) is 12.1 Å². The lowest BCUT2D eigenvalue weighted by atomic mass is 10.3. The molecule has 1 N–H and O–H groups in total. The third kappa shape index (κ3) is 2.97. The molecule has 0 unspecified atom stereocenters. The van der Waals surface area contributed by atoms with Crippen LogP contribution in [0.1, 0.15) is 0 Å². The van der Waals surface area contributed by atoms with Gasteiger partial charge in [0.05, 0.1) is 0 Å². The first kappa shape index (κ1) is 15.3. The Morgan fingerprint density at radius 3 is 2.33 bits per heavy atom. The van der Waals surface area contributed by atoms with E-state index in [1.165, 1.54) is 4.31 Å². The van der Waals surface area contributed by atoms with Crippen LogP contribution in [-0.2, 0) is 10.0 Å². The minimum Gasteiger partial charge on any atom is -0.314 e. The summed E-state index contributed by atoms with van der Waals surface area (Å²) in [6.45, 7) is 1.64. The molecule has 1 aliphatic heterocycles. The highest BCUT2D eigenvalue weighted by Crippen LogP contribution is 2.20. The number of halogens is 3. The molecule has 0 radical (unpaired) electrons. The van der Waals surface area contributed by atoms with Gasteiger partial charge >= 0.3 is 0 Å². The van der Waals surface area contributed by atoms with Crippen LogP contribution >= 0.6 is 12.4 Å². The number of hydrogen-bond acceptors (Lipinski definition) is 3. The largest absolute Gasteiger partial charge is 0.314 e. The second-order valence-corrected chi connectivity index (χ2v) is 5.64. The van der Waals surface area contributed by atoms with Crippen LogP contribution in [0.2, 0.25) is 0 Å². The average Bonchev–Trinajstić information content (AvgIpc) is 2.29. The minimum absolute atomic E-state index is 0. The van der Waals surface area contributed by atoms with Crippen LogP contribution in [0.25, 0.3) is 0 Å². The molecule has 2 rings (SSSR count). The van der Waals surface area contributed by atoms with Crippen molar-refractivity contribution < 1.29 is 17.2 Å². The van der Waals surface area contributed by atoms with Gasteiger partial charge < -0.3 is 5.32 Å². The molecule has 0 aromatic heterocycles. The summed E-state index contributed by atoms with van der Waals surface area (Å²) < 4.78 is 51.5. The van der Waals surface area contributed by atoms with Gasteiger partial charge in [0.15, 0.2) is 0 Å². The predicted molar refractivity (Wildman–Crippen MR) is 65.2 cm³/mol. The lowest BCUT2D eigenvalue weighted by Crippen LogP contribution is -2.46. The zero-order chi connectivity index (χ0) is 12.5. The van der Waals surface area contributed by atoms with E-state index in [9.17, 15) is 17.2 Å². The summed E-state index contributed by atoms with van der Waals surface area (Å²) >= 11 is 0. The molecule has 1 aliphatic rings. The molecule has 0 spiro atoms. The summed E-state index contributed by atoms with van der Waals surface area (Å²) in [7, 11) is -3.86. The van der Waals surface area contributed by atoms with E-state index < -0.39 is 26.6 Å². The Balaban J connectivity index is 0.00000162. The molecule has 1 aromatic carbocycles. The number of sulfonamides is 1. The van der Waals surface area contributed by atoms with Crippen molar-refractivity contribution in [3.8, 4) is 0 Å². The molecule has 0 atom stereocenters. The summed E-state index contributed by atoms with van der Waals surface area (Å²) in [5.74, 6) is -1.84. The predicted octanol–water partition coefficient (Wildman–Crippen LogP) is 0.980. The number of nitrogens with zero attached hydrogens (tertiary/aromatic N) is 1. The Morgan fingerprint density at radius 2 is 1.78 bits per heavy atom. The quantitative estimate of drug-likeness (QED) is 0.885. The lowest BCUT2D eigenvalue weighted by Gasteiger charge is -2.26. The van der Waals surface area contributed by atoms with Gasteiger partial charge in [-0.2, -0.15) is 4.31 Å². The molecular weight excluding hydrogens is 286 g/mol. The maximum Gasteiger partial charge on any atom is 0.246 e. The van der Waals surface area contributed by atoms with Crippen LogP contribution in [-0.4, -0.2) is 38.9 Å². The summed E-state index contributed by atoms with van der Waals surface area (Å²) in [5, 5.41) is 3.00. The van der Waals surface area contributed by atoms with Crippen LogP contribution in [0.5, 0.6) is 0 Å². The maximum atomic E-state index is 13.4. The van der Waals surface area contributed by atoms with Crippen LogP contribution < -0.4 is 5.32 Å². The molecule has 0 saturated carbocycles. The monoisotopic (exact) mass is 298 g/mol. The van der Waals surface area contributed by atoms with Gasteiger partial charge in [0.1, 0.15) is 16.5 Å². The van der Waals surface area contributed by atoms with Crippen LogP contribution in [0.3, 0.4) is 0 Å². The van der Waals surface area contributed by atoms with Gasteiger partial charge in [-0.3, -0.25) is 0 Å². The van der Waals surface area contributed by atoms with Gasteiger partial charge in [0.25, 0.3) is 0 Å². The van der Waals surface area contributed by atoms with Crippen molar-refractivity contribution in [2.75, 3.05) is 26.2 Å². The molecule has 102 valence electrons. The Bertz CT molecular complexity index is 519. The Kier molecular flexibility index (Phi) is 5.03. The summed E-state index contributed by atoms with van der Waals surface area (Å²) in [6.07, 6.45) is 0. The molecular formula is C10H13ClF2N2O2S. The minimum atomic E-state index is -3.86. The van der Waals surface area contributed by atoms with Gasteiger partial charge in [-0.25, -0.2) is 17.2 Å². The van der Waals surface area contributed by atoms with E-state index in [0.717, 1.165) is 12.1 Å². The van der Waals surface area contributed by atoms with Crippen molar-refractivity contribution in [3.05, 3.63) is 29.8 Å². The number of nitrogens with one attached hydrogen (secondary N) is 1. The van der Waals surface area contributed by atoms with E-state index in [2.05, 4.69) is 5.32 Å². The molecule has 1 heterocycles. The van der Waals surface area contributed by atoms with Crippen molar-refractivity contribution in [1.82, 2.24) is 9.62 Å². The fraction of sp³-hybridized carbons (Fsp3) is 0.400. The summed E-state index contributed by atoms with van der Waals surface area (Å²) in [5.41, 5.74) is 0. The second-order valence-electron chi connectivity index (χ2n) is 3.73. The first-order valence-corrected chi connectivity index (χ1v) is 6.62. The summed E-state index contributed by atoms with van der Waals surface area (Å²) in [6, 6.07) is 2.48. The fourth-order valence-corrected chi connectivity index (χ4v) is 3.19. The zero-order valence-electron chi connectivity index (χ0n) is 9.40. The SMILES string of the molecule is Cl.O=S(=O)(c1ccc(F)cc1F)N1CCNCC1. The van der Waals surface area contributed by atoms with Gasteiger partial charge in [0.2, 0.25) is 10.0 Å². The number of rotatable bonds is 2. The van der Waals surface area contributed by atoms with Crippen molar-refractivity contribution >= 4 is 22.4 Å². The lowest BCUT2D eigenvalue weighted by molar-refractivity contribution is 0.358. The molecule has 0 bridgehead atoms. The van der Waals surface area contributed by atoms with E-state index in [4.69, 9.17) is 0 Å². The van der Waals surface area contributed by atoms with Crippen LogP contribution in [0, 0.1) is 11.6 Å². The molecule has 4 nitrogen and oxygen atoms in total. The molecule has 1 fully saturated rings. The van der Waals surface area contributed by atoms with Crippen molar-refractivity contribution in [3.63, 3.8) is 0 Å². The number of hydrogen-bond donors (Lipinski definition) is 1. The molecule has 0 amide bonds. The van der Waals surface area contributed by atoms with Crippen LogP contribution in [0.15, 0.2) is 23.1 Å². The average molecular weight is 299 g/mol. The number of benzene rings is 1. The van der Waals surface area contributed by atoms with E-state index in [1.54, 1.807) is 0 Å². The highest BCUT2D eigenvalue weighted by molar-refractivity contribution is 7.89.